The van der Waals surface area contributed by atoms with Crippen LogP contribution in [0.15, 0.2) is 96.6 Å². The molecule has 0 saturated heterocycles. The molecule has 0 heterocycles. The molecule has 1 aliphatic carbocycles. The second-order valence-electron chi connectivity index (χ2n) is 6.89. The van der Waals surface area contributed by atoms with Crippen LogP contribution < -0.4 is 0 Å². The molecule has 0 atom stereocenters. The van der Waals surface area contributed by atoms with E-state index in [9.17, 15) is 19.7 Å². The summed E-state index contributed by atoms with van der Waals surface area (Å²) in [6.07, 6.45) is 1.62. The van der Waals surface area contributed by atoms with Crippen molar-refractivity contribution in [1.82, 2.24) is 0 Å². The van der Waals surface area contributed by atoms with E-state index in [1.807, 2.05) is 18.2 Å². The lowest BCUT2D eigenvalue weighted by Crippen LogP contribution is -2.19. The molecular formula is C26H15FN2O. The first kappa shape index (κ1) is 19.1. The van der Waals surface area contributed by atoms with Crippen molar-refractivity contribution in [3.63, 3.8) is 0 Å². The molecule has 0 spiro atoms. The lowest BCUT2D eigenvalue weighted by Gasteiger charge is -2.22. The summed E-state index contributed by atoms with van der Waals surface area (Å²) in [6, 6.07) is 27.5. The summed E-state index contributed by atoms with van der Waals surface area (Å²) < 4.78 is 13.6. The predicted molar refractivity (Wildman–Crippen MR) is 112 cm³/mol. The van der Waals surface area contributed by atoms with Crippen molar-refractivity contribution in [2.75, 3.05) is 0 Å². The Morgan fingerprint density at radius 3 is 1.90 bits per heavy atom. The largest absolute Gasteiger partial charge is 0.289 e. The average Bonchev–Trinajstić information content (AvgIpc) is 3.16. The Bertz CT molecular complexity index is 1240. The molecular weight excluding hydrogens is 375 g/mol. The number of halogens is 1. The van der Waals surface area contributed by atoms with E-state index < -0.39 is 11.2 Å². The van der Waals surface area contributed by atoms with Crippen molar-refractivity contribution in [2.45, 2.75) is 0 Å². The smallest absolute Gasteiger partial charge is 0.195 e. The van der Waals surface area contributed by atoms with Crippen LogP contribution in [-0.2, 0) is 0 Å². The van der Waals surface area contributed by atoms with Crippen LogP contribution in [0.4, 0.5) is 4.39 Å². The lowest BCUT2D eigenvalue weighted by atomic mass is 9.73. The molecule has 0 amide bonds. The summed E-state index contributed by atoms with van der Waals surface area (Å²) in [6.45, 7) is 0. The third-order valence-corrected chi connectivity index (χ3v) is 5.17. The van der Waals surface area contributed by atoms with Crippen molar-refractivity contribution in [3.05, 3.63) is 119 Å². The van der Waals surface area contributed by atoms with Crippen molar-refractivity contribution in [1.29, 1.82) is 10.5 Å². The molecule has 3 aromatic carbocycles. The van der Waals surface area contributed by atoms with E-state index in [0.717, 1.165) is 0 Å². The molecule has 0 aliphatic heterocycles. The number of nitriles is 2. The number of hydrogen-bond donors (Lipinski definition) is 0. The highest BCUT2D eigenvalue weighted by molar-refractivity contribution is 6.21. The van der Waals surface area contributed by atoms with Crippen molar-refractivity contribution >= 4 is 16.9 Å². The van der Waals surface area contributed by atoms with Gasteiger partial charge in [-0.2, -0.15) is 10.5 Å². The van der Waals surface area contributed by atoms with Gasteiger partial charge in [0, 0.05) is 16.7 Å². The third kappa shape index (κ3) is 3.02. The number of ketones is 1. The number of carbonyl (C=O) groups excluding carboxylic acids is 1. The number of allylic oxidation sites excluding steroid dienone is 4. The first-order chi connectivity index (χ1) is 14.6. The fourth-order valence-electron chi connectivity index (χ4n) is 3.75. The molecule has 4 heteroatoms. The highest BCUT2D eigenvalue weighted by atomic mass is 19.1. The van der Waals surface area contributed by atoms with E-state index >= 15 is 0 Å². The zero-order chi connectivity index (χ0) is 21.1. The van der Waals surface area contributed by atoms with Gasteiger partial charge in [0.15, 0.2) is 11.2 Å². The van der Waals surface area contributed by atoms with E-state index in [2.05, 4.69) is 12.1 Å². The van der Waals surface area contributed by atoms with Gasteiger partial charge in [0.25, 0.3) is 0 Å². The molecule has 3 aromatic rings. The number of rotatable bonds is 4. The Morgan fingerprint density at radius 2 is 1.33 bits per heavy atom. The zero-order valence-electron chi connectivity index (χ0n) is 15.8. The fourth-order valence-corrected chi connectivity index (χ4v) is 3.75. The summed E-state index contributed by atoms with van der Waals surface area (Å²) in [7, 11) is 0. The standard InChI is InChI=1S/C26H15FN2O/c27-21-13-11-19(12-14-21)24-22(25(30)20-9-5-2-6-10-20)15-23(26(24,16-28)17-29)18-7-3-1-4-8-18/h1-15H. The Kier molecular flexibility index (Phi) is 4.84. The van der Waals surface area contributed by atoms with Gasteiger partial charge in [0.05, 0.1) is 12.1 Å². The summed E-state index contributed by atoms with van der Waals surface area (Å²) in [5.41, 5.74) is 0.861. The molecule has 30 heavy (non-hydrogen) atoms. The summed E-state index contributed by atoms with van der Waals surface area (Å²) in [5.74, 6) is -0.736. The highest BCUT2D eigenvalue weighted by Gasteiger charge is 2.47. The van der Waals surface area contributed by atoms with Gasteiger partial charge in [-0.1, -0.05) is 72.8 Å². The number of carbonyl (C=O) groups is 1. The van der Waals surface area contributed by atoms with Gasteiger partial charge in [0.2, 0.25) is 0 Å². The summed E-state index contributed by atoms with van der Waals surface area (Å²) >= 11 is 0. The molecule has 0 radical (unpaired) electrons. The SMILES string of the molecule is N#CC1(C#N)C(c2ccccc2)=CC(C(=O)c2ccccc2)=C1c1ccc(F)cc1. The monoisotopic (exact) mass is 390 g/mol. The van der Waals surface area contributed by atoms with Gasteiger partial charge >= 0.3 is 0 Å². The maximum Gasteiger partial charge on any atom is 0.195 e. The Labute approximate surface area is 173 Å². The number of nitrogens with zero attached hydrogens (tertiary/aromatic N) is 2. The molecule has 0 saturated carbocycles. The van der Waals surface area contributed by atoms with Crippen LogP contribution in [0, 0.1) is 33.9 Å². The van der Waals surface area contributed by atoms with Crippen LogP contribution in [0.25, 0.3) is 11.1 Å². The van der Waals surface area contributed by atoms with Gasteiger partial charge in [-0.25, -0.2) is 4.39 Å². The van der Waals surface area contributed by atoms with Crippen molar-refractivity contribution in [3.8, 4) is 12.1 Å². The maximum atomic E-state index is 13.6. The minimum atomic E-state index is -1.70. The van der Waals surface area contributed by atoms with Crippen LogP contribution in [0.1, 0.15) is 21.5 Å². The van der Waals surface area contributed by atoms with Crippen LogP contribution >= 0.6 is 0 Å². The average molecular weight is 390 g/mol. The minimum Gasteiger partial charge on any atom is -0.289 e. The van der Waals surface area contributed by atoms with Crippen LogP contribution in [0.3, 0.4) is 0 Å². The summed E-state index contributed by atoms with van der Waals surface area (Å²) in [4.78, 5) is 13.4. The Balaban J connectivity index is 2.02. The van der Waals surface area contributed by atoms with E-state index in [-0.39, 0.29) is 16.9 Å². The van der Waals surface area contributed by atoms with Crippen LogP contribution in [-0.4, -0.2) is 5.78 Å². The van der Waals surface area contributed by atoms with Crippen molar-refractivity contribution < 1.29 is 9.18 Å². The van der Waals surface area contributed by atoms with Crippen LogP contribution in [0.2, 0.25) is 0 Å². The van der Waals surface area contributed by atoms with Gasteiger partial charge in [-0.05, 0) is 34.9 Å². The first-order valence-corrected chi connectivity index (χ1v) is 9.31. The predicted octanol–water partition coefficient (Wildman–Crippen LogP) is 5.59. The number of Topliss-reactive ketones (excluding diaryl/α,β-unsaturated/α-hetero) is 1. The molecule has 0 N–H and O–H groups in total. The maximum absolute atomic E-state index is 13.6. The fraction of sp³-hybridized carbons (Fsp3) is 0.0385. The van der Waals surface area contributed by atoms with Crippen LogP contribution in [0.5, 0.6) is 0 Å². The second kappa shape index (κ2) is 7.62. The van der Waals surface area contributed by atoms with E-state index in [1.54, 1.807) is 48.5 Å². The van der Waals surface area contributed by atoms with E-state index in [0.29, 0.717) is 22.3 Å². The quantitative estimate of drug-likeness (QED) is 0.545. The summed E-state index contributed by atoms with van der Waals surface area (Å²) in [5, 5.41) is 20.3. The van der Waals surface area contributed by atoms with Gasteiger partial charge < -0.3 is 0 Å². The lowest BCUT2D eigenvalue weighted by molar-refractivity contribution is 0.103. The van der Waals surface area contributed by atoms with Gasteiger partial charge in [0.1, 0.15) is 5.82 Å². The topological polar surface area (TPSA) is 64.7 Å². The van der Waals surface area contributed by atoms with E-state index in [4.69, 9.17) is 0 Å². The highest BCUT2D eigenvalue weighted by Crippen LogP contribution is 2.52. The molecule has 3 nitrogen and oxygen atoms in total. The molecule has 142 valence electrons. The molecule has 4 rings (SSSR count). The zero-order valence-corrected chi connectivity index (χ0v) is 15.8. The number of benzene rings is 3. The molecule has 1 aliphatic rings. The molecule has 0 fully saturated rings. The Morgan fingerprint density at radius 1 is 0.767 bits per heavy atom. The van der Waals surface area contributed by atoms with Gasteiger partial charge in [-0.15, -0.1) is 0 Å². The Hall–Kier alpha value is -4.28. The third-order valence-electron chi connectivity index (χ3n) is 5.17. The number of hydrogen-bond acceptors (Lipinski definition) is 3. The molecule has 0 aromatic heterocycles. The second-order valence-corrected chi connectivity index (χ2v) is 6.89. The van der Waals surface area contributed by atoms with Crippen molar-refractivity contribution in [2.24, 2.45) is 5.41 Å². The molecule has 0 unspecified atom stereocenters. The normalized spacial score (nSPS) is 14.6. The van der Waals surface area contributed by atoms with Gasteiger partial charge in [-0.3, -0.25) is 4.79 Å². The van der Waals surface area contributed by atoms with E-state index in [1.165, 1.54) is 24.3 Å². The first-order valence-electron chi connectivity index (χ1n) is 9.31. The minimum absolute atomic E-state index is 0.259. The molecule has 0 bridgehead atoms.